The number of aryl methyl sites for hydroxylation is 1. The first-order chi connectivity index (χ1) is 15.4. The number of amides is 2. The molecule has 2 atom stereocenters. The molecule has 1 aliphatic carbocycles. The average molecular weight is 431 g/mol. The van der Waals surface area contributed by atoms with E-state index in [1.54, 1.807) is 6.08 Å². The van der Waals surface area contributed by atoms with Gasteiger partial charge in [0.1, 0.15) is 0 Å². The molecule has 2 amide bonds. The van der Waals surface area contributed by atoms with Crippen LogP contribution in [0.15, 0.2) is 61.2 Å². The van der Waals surface area contributed by atoms with Crippen LogP contribution >= 0.6 is 0 Å². The van der Waals surface area contributed by atoms with E-state index in [0.29, 0.717) is 44.8 Å². The molecule has 0 spiro atoms. The van der Waals surface area contributed by atoms with Crippen molar-refractivity contribution >= 4 is 11.8 Å². The summed E-state index contributed by atoms with van der Waals surface area (Å²) in [6.07, 6.45) is 4.77. The molecule has 168 valence electrons. The summed E-state index contributed by atoms with van der Waals surface area (Å²) in [4.78, 5) is 28.2. The Morgan fingerprint density at radius 2 is 1.72 bits per heavy atom. The summed E-state index contributed by atoms with van der Waals surface area (Å²) in [5.41, 5.74) is 4.29. The SMILES string of the molecule is C=CCNC(=O)C1(Cc2ccccc2-c2ccccc2C)CCN(C(=O)C2CC2C)CC1. The number of nitrogens with one attached hydrogen (secondary N) is 1. The summed E-state index contributed by atoms with van der Waals surface area (Å²) >= 11 is 0. The van der Waals surface area contributed by atoms with Crippen molar-refractivity contribution in [1.29, 1.82) is 0 Å². The zero-order valence-electron chi connectivity index (χ0n) is 19.3. The zero-order valence-corrected chi connectivity index (χ0v) is 19.3. The van der Waals surface area contributed by atoms with E-state index in [1.807, 2.05) is 4.90 Å². The van der Waals surface area contributed by atoms with Crippen molar-refractivity contribution in [2.45, 2.75) is 39.5 Å². The minimum absolute atomic E-state index is 0.0730. The van der Waals surface area contributed by atoms with Crippen molar-refractivity contribution in [3.8, 4) is 11.1 Å². The van der Waals surface area contributed by atoms with Gasteiger partial charge in [0.2, 0.25) is 11.8 Å². The predicted octanol–water partition coefficient (Wildman–Crippen LogP) is 4.77. The molecule has 2 aromatic rings. The maximum atomic E-state index is 13.4. The molecule has 0 bridgehead atoms. The second-order valence-electron chi connectivity index (χ2n) is 9.57. The molecule has 2 aromatic carbocycles. The number of hydrogen-bond donors (Lipinski definition) is 1. The third-order valence-electron chi connectivity index (χ3n) is 7.33. The van der Waals surface area contributed by atoms with E-state index in [1.165, 1.54) is 22.3 Å². The number of benzene rings is 2. The molecule has 32 heavy (non-hydrogen) atoms. The Hall–Kier alpha value is -2.88. The van der Waals surface area contributed by atoms with Crippen LogP contribution in [0.2, 0.25) is 0 Å². The quantitative estimate of drug-likeness (QED) is 0.643. The topological polar surface area (TPSA) is 49.4 Å². The molecule has 2 aliphatic rings. The number of likely N-dealkylation sites (tertiary alicyclic amines) is 1. The molecule has 2 unspecified atom stereocenters. The van der Waals surface area contributed by atoms with Gasteiger partial charge in [0.25, 0.3) is 0 Å². The van der Waals surface area contributed by atoms with E-state index >= 15 is 0 Å². The number of piperidine rings is 1. The first kappa shape index (κ1) is 22.3. The summed E-state index contributed by atoms with van der Waals surface area (Å²) < 4.78 is 0. The Morgan fingerprint density at radius 3 is 2.34 bits per heavy atom. The molecule has 4 rings (SSSR count). The average Bonchev–Trinajstić information content (AvgIpc) is 3.55. The predicted molar refractivity (Wildman–Crippen MR) is 129 cm³/mol. The van der Waals surface area contributed by atoms with Crippen LogP contribution in [-0.4, -0.2) is 36.3 Å². The van der Waals surface area contributed by atoms with Crippen LogP contribution in [0.25, 0.3) is 11.1 Å². The van der Waals surface area contributed by atoms with Gasteiger partial charge < -0.3 is 10.2 Å². The molecule has 1 saturated carbocycles. The minimum atomic E-state index is -0.520. The molecule has 1 saturated heterocycles. The Kier molecular flexibility index (Phi) is 6.50. The van der Waals surface area contributed by atoms with Gasteiger partial charge >= 0.3 is 0 Å². The van der Waals surface area contributed by atoms with Gasteiger partial charge in [-0.05, 0) is 60.8 Å². The Labute approximate surface area is 191 Å². The fourth-order valence-corrected chi connectivity index (χ4v) is 5.07. The maximum absolute atomic E-state index is 13.4. The van der Waals surface area contributed by atoms with Crippen molar-refractivity contribution in [1.82, 2.24) is 10.2 Å². The highest BCUT2D eigenvalue weighted by Crippen LogP contribution is 2.42. The lowest BCUT2D eigenvalue weighted by Gasteiger charge is -2.41. The van der Waals surface area contributed by atoms with Gasteiger partial charge in [0.05, 0.1) is 5.41 Å². The van der Waals surface area contributed by atoms with Crippen molar-refractivity contribution in [2.75, 3.05) is 19.6 Å². The van der Waals surface area contributed by atoms with Gasteiger partial charge in [-0.25, -0.2) is 0 Å². The number of rotatable bonds is 7. The Bertz CT molecular complexity index is 1000. The molecule has 2 fully saturated rings. The van der Waals surface area contributed by atoms with Crippen molar-refractivity contribution in [3.63, 3.8) is 0 Å². The third kappa shape index (κ3) is 4.50. The second kappa shape index (κ2) is 9.32. The largest absolute Gasteiger partial charge is 0.352 e. The van der Waals surface area contributed by atoms with Crippen LogP contribution in [-0.2, 0) is 16.0 Å². The molecule has 0 radical (unpaired) electrons. The van der Waals surface area contributed by atoms with Gasteiger partial charge in [0.15, 0.2) is 0 Å². The maximum Gasteiger partial charge on any atom is 0.226 e. The van der Waals surface area contributed by atoms with Crippen molar-refractivity contribution < 1.29 is 9.59 Å². The number of nitrogens with zero attached hydrogens (tertiary/aromatic N) is 1. The Morgan fingerprint density at radius 1 is 1.09 bits per heavy atom. The lowest BCUT2D eigenvalue weighted by Crippen LogP contribution is -2.51. The number of hydrogen-bond acceptors (Lipinski definition) is 2. The molecular weight excluding hydrogens is 396 g/mol. The minimum Gasteiger partial charge on any atom is -0.352 e. The monoisotopic (exact) mass is 430 g/mol. The standard InChI is InChI=1S/C28H34N2O2/c1-4-15-29-27(32)28(13-16-30(17-14-28)26(31)25-18-21(25)3)19-22-10-6-8-12-24(22)23-11-7-5-9-20(23)2/h4-12,21,25H,1,13-19H2,2-3H3,(H,29,32). The van der Waals surface area contributed by atoms with E-state index in [2.05, 4.69) is 74.3 Å². The molecule has 4 heteroatoms. The molecule has 1 N–H and O–H groups in total. The Balaban J connectivity index is 1.60. The van der Waals surface area contributed by atoms with E-state index in [-0.39, 0.29) is 17.7 Å². The van der Waals surface area contributed by atoms with Gasteiger partial charge in [-0.3, -0.25) is 9.59 Å². The smallest absolute Gasteiger partial charge is 0.226 e. The van der Waals surface area contributed by atoms with E-state index < -0.39 is 5.41 Å². The fraction of sp³-hybridized carbons (Fsp3) is 0.429. The van der Waals surface area contributed by atoms with Crippen LogP contribution in [0.5, 0.6) is 0 Å². The highest BCUT2D eigenvalue weighted by atomic mass is 16.2. The number of carbonyl (C=O) groups excluding carboxylic acids is 2. The van der Waals surface area contributed by atoms with Gasteiger partial charge in [-0.2, -0.15) is 0 Å². The van der Waals surface area contributed by atoms with Gasteiger partial charge in [-0.1, -0.05) is 61.5 Å². The highest BCUT2D eigenvalue weighted by molar-refractivity contribution is 5.85. The summed E-state index contributed by atoms with van der Waals surface area (Å²) in [7, 11) is 0. The van der Waals surface area contributed by atoms with Crippen LogP contribution in [0.3, 0.4) is 0 Å². The highest BCUT2D eigenvalue weighted by Gasteiger charge is 2.46. The fourth-order valence-electron chi connectivity index (χ4n) is 5.07. The summed E-state index contributed by atoms with van der Waals surface area (Å²) in [6, 6.07) is 16.8. The van der Waals surface area contributed by atoms with E-state index in [4.69, 9.17) is 0 Å². The van der Waals surface area contributed by atoms with E-state index in [0.717, 1.165) is 6.42 Å². The molecule has 0 aromatic heterocycles. The zero-order chi connectivity index (χ0) is 22.7. The molecule has 1 aliphatic heterocycles. The summed E-state index contributed by atoms with van der Waals surface area (Å²) in [5.74, 6) is 1.05. The van der Waals surface area contributed by atoms with E-state index in [9.17, 15) is 9.59 Å². The molecule has 1 heterocycles. The normalized spacial score (nSPS) is 21.6. The van der Waals surface area contributed by atoms with Crippen LogP contribution in [0, 0.1) is 24.2 Å². The molecular formula is C28H34N2O2. The number of carbonyl (C=O) groups is 2. The summed E-state index contributed by atoms with van der Waals surface area (Å²) in [5, 5.41) is 3.06. The van der Waals surface area contributed by atoms with Crippen LogP contribution < -0.4 is 5.32 Å². The molecule has 4 nitrogen and oxygen atoms in total. The first-order valence-corrected chi connectivity index (χ1v) is 11.8. The second-order valence-corrected chi connectivity index (χ2v) is 9.57. The summed E-state index contributed by atoms with van der Waals surface area (Å²) in [6.45, 7) is 9.77. The van der Waals surface area contributed by atoms with Crippen molar-refractivity contribution in [2.24, 2.45) is 17.3 Å². The van der Waals surface area contributed by atoms with Gasteiger partial charge in [-0.15, -0.1) is 6.58 Å². The third-order valence-corrected chi connectivity index (χ3v) is 7.33. The van der Waals surface area contributed by atoms with Crippen molar-refractivity contribution in [3.05, 3.63) is 72.3 Å². The van der Waals surface area contributed by atoms with Crippen LogP contribution in [0.4, 0.5) is 0 Å². The lowest BCUT2D eigenvalue weighted by molar-refractivity contribution is -0.141. The van der Waals surface area contributed by atoms with Gasteiger partial charge in [0, 0.05) is 25.6 Å². The first-order valence-electron chi connectivity index (χ1n) is 11.8. The lowest BCUT2D eigenvalue weighted by atomic mass is 9.71. The van der Waals surface area contributed by atoms with Crippen LogP contribution in [0.1, 0.15) is 37.3 Å².